The van der Waals surface area contributed by atoms with Gasteiger partial charge < -0.3 is 10.0 Å². The summed E-state index contributed by atoms with van der Waals surface area (Å²) in [6.07, 6.45) is 0. The Morgan fingerprint density at radius 3 is 2.38 bits per heavy atom. The predicted octanol–water partition coefficient (Wildman–Crippen LogP) is 2.45. The van der Waals surface area contributed by atoms with Crippen LogP contribution in [0.25, 0.3) is 0 Å². The van der Waals surface area contributed by atoms with Crippen molar-refractivity contribution in [1.82, 2.24) is 4.90 Å². The van der Waals surface area contributed by atoms with Gasteiger partial charge in [-0.05, 0) is 23.8 Å². The molecule has 1 fully saturated rings. The van der Waals surface area contributed by atoms with Crippen LogP contribution in [0.1, 0.15) is 27.0 Å². The molecule has 1 saturated heterocycles. The summed E-state index contributed by atoms with van der Waals surface area (Å²) in [6, 6.07) is 16.8. The summed E-state index contributed by atoms with van der Waals surface area (Å²) in [5, 5.41) is 27.9. The Morgan fingerprint density at radius 2 is 1.73 bits per heavy atom. The van der Waals surface area contributed by atoms with Crippen LogP contribution >= 0.6 is 0 Å². The molecule has 1 heterocycles. The Hall–Kier alpha value is -3.35. The summed E-state index contributed by atoms with van der Waals surface area (Å²) in [6.45, 7) is 3.65. The maximum absolute atomic E-state index is 11.3. The van der Waals surface area contributed by atoms with Crippen LogP contribution in [0.3, 0.4) is 0 Å². The first-order valence-electron chi connectivity index (χ1n) is 8.35. The Bertz CT molecular complexity index is 903. The molecule has 0 aromatic heterocycles. The summed E-state index contributed by atoms with van der Waals surface area (Å²) in [7, 11) is 0. The second-order valence-electron chi connectivity index (χ2n) is 6.15. The highest BCUT2D eigenvalue weighted by Gasteiger charge is 2.21. The molecule has 0 radical (unpaired) electrons. The van der Waals surface area contributed by atoms with Gasteiger partial charge in [-0.1, -0.05) is 24.3 Å². The number of carboxylic acids is 1. The molecular weight excluding hydrogens is 328 g/mol. The van der Waals surface area contributed by atoms with Crippen molar-refractivity contribution in [2.24, 2.45) is 0 Å². The second-order valence-corrected chi connectivity index (χ2v) is 6.15. The second kappa shape index (κ2) is 7.69. The Labute approximate surface area is 152 Å². The number of nitriles is 2. The minimum Gasteiger partial charge on any atom is -0.478 e. The molecular formula is C20H18N4O2. The highest BCUT2D eigenvalue weighted by atomic mass is 16.4. The molecule has 0 saturated carbocycles. The quantitative estimate of drug-likeness (QED) is 0.914. The lowest BCUT2D eigenvalue weighted by atomic mass is 10.0. The molecule has 0 atom stereocenters. The molecule has 0 bridgehead atoms. The van der Waals surface area contributed by atoms with Gasteiger partial charge in [-0.3, -0.25) is 4.90 Å². The number of benzene rings is 2. The zero-order valence-electron chi connectivity index (χ0n) is 14.2. The maximum atomic E-state index is 11.3. The average molecular weight is 346 g/mol. The van der Waals surface area contributed by atoms with E-state index in [1.54, 1.807) is 6.07 Å². The number of aromatic carboxylic acids is 1. The molecule has 26 heavy (non-hydrogen) atoms. The number of carboxylic acid groups (broad SMARTS) is 1. The zero-order valence-corrected chi connectivity index (χ0v) is 14.2. The number of carbonyl (C=O) groups is 1. The molecule has 3 rings (SSSR count). The van der Waals surface area contributed by atoms with E-state index in [-0.39, 0.29) is 11.1 Å². The van der Waals surface area contributed by atoms with Gasteiger partial charge in [0.05, 0.1) is 22.4 Å². The van der Waals surface area contributed by atoms with Crippen molar-refractivity contribution < 1.29 is 9.90 Å². The number of anilines is 1. The van der Waals surface area contributed by atoms with Crippen LogP contribution in [0, 0.1) is 22.7 Å². The molecule has 2 aromatic rings. The molecule has 6 heteroatoms. The summed E-state index contributed by atoms with van der Waals surface area (Å²) in [5.74, 6) is -1.08. The highest BCUT2D eigenvalue weighted by molar-refractivity contribution is 5.91. The Balaban J connectivity index is 1.71. The molecule has 1 N–H and O–H groups in total. The van der Waals surface area contributed by atoms with Gasteiger partial charge in [-0.15, -0.1) is 0 Å². The fourth-order valence-electron chi connectivity index (χ4n) is 3.27. The van der Waals surface area contributed by atoms with Crippen molar-refractivity contribution in [2.45, 2.75) is 6.54 Å². The Kier molecular flexibility index (Phi) is 5.17. The number of hydrogen-bond donors (Lipinski definition) is 1. The fraction of sp³-hybridized carbons (Fsp3) is 0.250. The van der Waals surface area contributed by atoms with E-state index in [0.29, 0.717) is 12.1 Å². The fourth-order valence-corrected chi connectivity index (χ4v) is 3.27. The van der Waals surface area contributed by atoms with Gasteiger partial charge in [0.25, 0.3) is 0 Å². The molecule has 0 aliphatic carbocycles. The van der Waals surface area contributed by atoms with Crippen molar-refractivity contribution in [1.29, 1.82) is 10.5 Å². The third-order valence-corrected chi connectivity index (χ3v) is 4.62. The van der Waals surface area contributed by atoms with Crippen molar-refractivity contribution in [2.75, 3.05) is 31.1 Å². The van der Waals surface area contributed by atoms with E-state index in [2.05, 4.69) is 15.9 Å². The number of rotatable bonds is 4. The van der Waals surface area contributed by atoms with Crippen molar-refractivity contribution in [3.63, 3.8) is 0 Å². The van der Waals surface area contributed by atoms with Gasteiger partial charge in [0.2, 0.25) is 0 Å². The third kappa shape index (κ3) is 3.51. The standard InChI is InChI=1S/C20H18N4O2/c21-12-15-4-1-2-7-19(15)24-10-8-23(9-11-24)14-16-5-3-6-17(20(25)26)18(16)13-22/h1-7H,8-11,14H2,(H,25,26). The Morgan fingerprint density at radius 1 is 1.00 bits per heavy atom. The van der Waals surface area contributed by atoms with E-state index >= 15 is 0 Å². The van der Waals surface area contributed by atoms with Crippen molar-refractivity contribution >= 4 is 11.7 Å². The molecule has 0 spiro atoms. The lowest BCUT2D eigenvalue weighted by molar-refractivity contribution is 0.0696. The maximum Gasteiger partial charge on any atom is 0.337 e. The van der Waals surface area contributed by atoms with Crippen LogP contribution in [0.15, 0.2) is 42.5 Å². The van der Waals surface area contributed by atoms with E-state index in [0.717, 1.165) is 37.4 Å². The van der Waals surface area contributed by atoms with Crippen LogP contribution < -0.4 is 4.90 Å². The van der Waals surface area contributed by atoms with Crippen LogP contribution in [0.2, 0.25) is 0 Å². The highest BCUT2D eigenvalue weighted by Crippen LogP contribution is 2.22. The minimum absolute atomic E-state index is 0.0478. The molecule has 130 valence electrons. The third-order valence-electron chi connectivity index (χ3n) is 4.62. The van der Waals surface area contributed by atoms with E-state index < -0.39 is 5.97 Å². The van der Waals surface area contributed by atoms with Crippen LogP contribution in [-0.4, -0.2) is 42.2 Å². The van der Waals surface area contributed by atoms with Crippen LogP contribution in [0.4, 0.5) is 5.69 Å². The largest absolute Gasteiger partial charge is 0.478 e. The number of piperazine rings is 1. The van der Waals surface area contributed by atoms with Gasteiger partial charge in [0.15, 0.2) is 0 Å². The SMILES string of the molecule is N#Cc1ccccc1N1CCN(Cc2cccc(C(=O)O)c2C#N)CC1. The van der Waals surface area contributed by atoms with E-state index in [1.807, 2.05) is 36.4 Å². The van der Waals surface area contributed by atoms with Crippen molar-refractivity contribution in [3.05, 3.63) is 64.7 Å². The van der Waals surface area contributed by atoms with Gasteiger partial charge >= 0.3 is 5.97 Å². The van der Waals surface area contributed by atoms with E-state index in [1.165, 1.54) is 6.07 Å². The molecule has 0 unspecified atom stereocenters. The first-order chi connectivity index (χ1) is 12.6. The smallest absolute Gasteiger partial charge is 0.337 e. The van der Waals surface area contributed by atoms with E-state index in [9.17, 15) is 20.4 Å². The van der Waals surface area contributed by atoms with Gasteiger partial charge in [0, 0.05) is 32.7 Å². The van der Waals surface area contributed by atoms with E-state index in [4.69, 9.17) is 0 Å². The number of nitrogens with zero attached hydrogens (tertiary/aromatic N) is 4. The number of hydrogen-bond acceptors (Lipinski definition) is 5. The molecule has 6 nitrogen and oxygen atoms in total. The predicted molar refractivity (Wildman–Crippen MR) is 96.8 cm³/mol. The zero-order chi connectivity index (χ0) is 18.5. The monoisotopic (exact) mass is 346 g/mol. The lowest BCUT2D eigenvalue weighted by Crippen LogP contribution is -2.46. The first kappa shape index (κ1) is 17.5. The van der Waals surface area contributed by atoms with Crippen LogP contribution in [-0.2, 0) is 6.54 Å². The topological polar surface area (TPSA) is 91.4 Å². The summed E-state index contributed by atoms with van der Waals surface area (Å²) in [4.78, 5) is 15.7. The van der Waals surface area contributed by atoms with Gasteiger partial charge in [0.1, 0.15) is 12.1 Å². The average Bonchev–Trinajstić information content (AvgIpc) is 2.68. The summed E-state index contributed by atoms with van der Waals surface area (Å²) >= 11 is 0. The summed E-state index contributed by atoms with van der Waals surface area (Å²) in [5.41, 5.74) is 2.63. The first-order valence-corrected chi connectivity index (χ1v) is 8.35. The molecule has 0 amide bonds. The van der Waals surface area contributed by atoms with Crippen molar-refractivity contribution in [3.8, 4) is 12.1 Å². The molecule has 2 aromatic carbocycles. The van der Waals surface area contributed by atoms with Gasteiger partial charge in [-0.2, -0.15) is 10.5 Å². The van der Waals surface area contributed by atoms with Gasteiger partial charge in [-0.25, -0.2) is 4.79 Å². The normalized spacial score (nSPS) is 14.5. The minimum atomic E-state index is -1.08. The van der Waals surface area contributed by atoms with Crippen LogP contribution in [0.5, 0.6) is 0 Å². The molecule has 1 aliphatic heterocycles. The lowest BCUT2D eigenvalue weighted by Gasteiger charge is -2.36. The number of para-hydroxylation sites is 1. The summed E-state index contributed by atoms with van der Waals surface area (Å²) < 4.78 is 0. The molecule has 1 aliphatic rings.